The second kappa shape index (κ2) is 7.17. The molecule has 0 saturated heterocycles. The maximum Gasteiger partial charge on any atom is 0.220 e. The Balaban J connectivity index is 2.35. The molecule has 0 aliphatic heterocycles. The van der Waals surface area contributed by atoms with Crippen LogP contribution in [0.4, 0.5) is 0 Å². The van der Waals surface area contributed by atoms with Crippen molar-refractivity contribution in [2.75, 3.05) is 6.54 Å². The van der Waals surface area contributed by atoms with Crippen LogP contribution < -0.4 is 11.1 Å². The monoisotopic (exact) mass is 248 g/mol. The average Bonchev–Trinajstić information content (AvgIpc) is 2.36. The van der Waals surface area contributed by atoms with Gasteiger partial charge in [-0.25, -0.2) is 0 Å². The van der Waals surface area contributed by atoms with Gasteiger partial charge in [0, 0.05) is 19.0 Å². The number of amides is 1. The van der Waals surface area contributed by atoms with Crippen LogP contribution in [0.2, 0.25) is 0 Å². The van der Waals surface area contributed by atoms with Crippen molar-refractivity contribution in [1.29, 1.82) is 0 Å². The van der Waals surface area contributed by atoms with Gasteiger partial charge in [-0.2, -0.15) is 0 Å². The van der Waals surface area contributed by atoms with Crippen molar-refractivity contribution >= 4 is 5.91 Å². The fraction of sp³-hybridized carbons (Fsp3) is 0.533. The Morgan fingerprint density at radius 1 is 1.22 bits per heavy atom. The van der Waals surface area contributed by atoms with Crippen molar-refractivity contribution in [2.24, 2.45) is 17.6 Å². The van der Waals surface area contributed by atoms with E-state index in [1.54, 1.807) is 0 Å². The molecule has 0 aromatic heterocycles. The molecule has 0 saturated carbocycles. The summed E-state index contributed by atoms with van der Waals surface area (Å²) in [6.45, 7) is 6.86. The van der Waals surface area contributed by atoms with Gasteiger partial charge in [-0.05, 0) is 17.4 Å². The molecule has 1 aromatic rings. The molecule has 0 radical (unpaired) electrons. The molecule has 18 heavy (non-hydrogen) atoms. The zero-order valence-electron chi connectivity index (χ0n) is 11.5. The van der Waals surface area contributed by atoms with Gasteiger partial charge in [-0.3, -0.25) is 4.79 Å². The zero-order valence-corrected chi connectivity index (χ0v) is 11.5. The Kier molecular flexibility index (Phi) is 5.86. The third kappa shape index (κ3) is 4.88. The summed E-state index contributed by atoms with van der Waals surface area (Å²) < 4.78 is 0. The highest BCUT2D eigenvalue weighted by molar-refractivity contribution is 5.76. The fourth-order valence-corrected chi connectivity index (χ4v) is 1.64. The molecule has 100 valence electrons. The number of rotatable bonds is 6. The van der Waals surface area contributed by atoms with Crippen LogP contribution in [-0.4, -0.2) is 12.5 Å². The van der Waals surface area contributed by atoms with Crippen LogP contribution in [0.1, 0.15) is 38.8 Å². The molecular formula is C15H24N2O. The summed E-state index contributed by atoms with van der Waals surface area (Å²) in [7, 11) is 0. The minimum Gasteiger partial charge on any atom is -0.354 e. The normalized spacial score (nSPS) is 14.3. The van der Waals surface area contributed by atoms with Gasteiger partial charge in [-0.15, -0.1) is 0 Å². The predicted octanol–water partition coefficient (Wildman–Crippen LogP) is 2.48. The Labute approximate surface area is 110 Å². The second-order valence-electron chi connectivity index (χ2n) is 5.25. The van der Waals surface area contributed by atoms with Crippen molar-refractivity contribution in [2.45, 2.75) is 33.2 Å². The highest BCUT2D eigenvalue weighted by atomic mass is 16.1. The quantitative estimate of drug-likeness (QED) is 0.812. The maximum absolute atomic E-state index is 11.7. The van der Waals surface area contributed by atoms with Crippen molar-refractivity contribution in [3.63, 3.8) is 0 Å². The number of nitrogens with one attached hydrogen (secondary N) is 1. The number of nitrogens with two attached hydrogens (primary N) is 1. The molecular weight excluding hydrogens is 224 g/mol. The van der Waals surface area contributed by atoms with Gasteiger partial charge in [0.1, 0.15) is 0 Å². The van der Waals surface area contributed by atoms with Crippen LogP contribution >= 0.6 is 0 Å². The molecule has 1 amide bonds. The summed E-state index contributed by atoms with van der Waals surface area (Å²) in [4.78, 5) is 11.7. The van der Waals surface area contributed by atoms with Gasteiger partial charge in [0.2, 0.25) is 5.91 Å². The molecule has 3 heteroatoms. The lowest BCUT2D eigenvalue weighted by molar-refractivity contribution is -0.122. The van der Waals surface area contributed by atoms with E-state index >= 15 is 0 Å². The molecule has 0 spiro atoms. The molecule has 3 N–H and O–H groups in total. The van der Waals surface area contributed by atoms with E-state index in [0.717, 1.165) is 5.56 Å². The van der Waals surface area contributed by atoms with E-state index in [1.807, 2.05) is 30.3 Å². The van der Waals surface area contributed by atoms with E-state index in [9.17, 15) is 4.79 Å². The topological polar surface area (TPSA) is 55.1 Å². The van der Waals surface area contributed by atoms with Crippen molar-refractivity contribution in [3.8, 4) is 0 Å². The second-order valence-corrected chi connectivity index (χ2v) is 5.25. The van der Waals surface area contributed by atoms with Gasteiger partial charge in [0.15, 0.2) is 0 Å². The first-order valence-electron chi connectivity index (χ1n) is 6.58. The SMILES string of the molecule is CC(C)C(C)CC(=O)NCC(N)c1ccccc1. The summed E-state index contributed by atoms with van der Waals surface area (Å²) in [5.41, 5.74) is 7.07. The van der Waals surface area contributed by atoms with Crippen LogP contribution in [0.3, 0.4) is 0 Å². The van der Waals surface area contributed by atoms with Gasteiger partial charge in [0.05, 0.1) is 0 Å². The smallest absolute Gasteiger partial charge is 0.220 e. The lowest BCUT2D eigenvalue weighted by Crippen LogP contribution is -2.33. The van der Waals surface area contributed by atoms with Gasteiger partial charge < -0.3 is 11.1 Å². The van der Waals surface area contributed by atoms with E-state index in [1.165, 1.54) is 0 Å². The van der Waals surface area contributed by atoms with Crippen LogP contribution in [-0.2, 0) is 4.79 Å². The first-order valence-corrected chi connectivity index (χ1v) is 6.58. The predicted molar refractivity (Wildman–Crippen MR) is 75.0 cm³/mol. The van der Waals surface area contributed by atoms with Crippen molar-refractivity contribution < 1.29 is 4.79 Å². The van der Waals surface area contributed by atoms with E-state index in [0.29, 0.717) is 24.8 Å². The minimum absolute atomic E-state index is 0.0857. The van der Waals surface area contributed by atoms with Crippen LogP contribution in [0.5, 0.6) is 0 Å². The van der Waals surface area contributed by atoms with Gasteiger partial charge in [-0.1, -0.05) is 51.1 Å². The Morgan fingerprint density at radius 2 is 1.83 bits per heavy atom. The molecule has 0 heterocycles. The van der Waals surface area contributed by atoms with E-state index < -0.39 is 0 Å². The Morgan fingerprint density at radius 3 is 2.39 bits per heavy atom. The number of hydrogen-bond donors (Lipinski definition) is 2. The summed E-state index contributed by atoms with van der Waals surface area (Å²) in [6.07, 6.45) is 0.569. The van der Waals surface area contributed by atoms with E-state index in [2.05, 4.69) is 26.1 Å². The van der Waals surface area contributed by atoms with Crippen molar-refractivity contribution in [3.05, 3.63) is 35.9 Å². The molecule has 2 unspecified atom stereocenters. The highest BCUT2D eigenvalue weighted by Crippen LogP contribution is 2.14. The maximum atomic E-state index is 11.7. The molecule has 0 aliphatic carbocycles. The molecule has 0 bridgehead atoms. The number of carbonyl (C=O) groups is 1. The summed E-state index contributed by atoms with van der Waals surface area (Å²) in [5.74, 6) is 1.01. The number of carbonyl (C=O) groups excluding carboxylic acids is 1. The van der Waals surface area contributed by atoms with E-state index in [4.69, 9.17) is 5.73 Å². The minimum atomic E-state index is -0.135. The first-order chi connectivity index (χ1) is 8.50. The standard InChI is InChI=1S/C15H24N2O/c1-11(2)12(3)9-15(18)17-10-14(16)13-7-5-4-6-8-13/h4-8,11-12,14H,9-10,16H2,1-3H3,(H,17,18). The first kappa shape index (κ1) is 14.7. The van der Waals surface area contributed by atoms with Gasteiger partial charge >= 0.3 is 0 Å². The Hall–Kier alpha value is -1.35. The van der Waals surface area contributed by atoms with Crippen LogP contribution in [0.15, 0.2) is 30.3 Å². The summed E-state index contributed by atoms with van der Waals surface area (Å²) in [6, 6.07) is 9.69. The van der Waals surface area contributed by atoms with Gasteiger partial charge in [0.25, 0.3) is 0 Å². The molecule has 1 rings (SSSR count). The largest absolute Gasteiger partial charge is 0.354 e. The third-order valence-corrected chi connectivity index (χ3v) is 3.39. The fourth-order valence-electron chi connectivity index (χ4n) is 1.64. The van der Waals surface area contributed by atoms with Crippen LogP contribution in [0.25, 0.3) is 0 Å². The number of benzene rings is 1. The third-order valence-electron chi connectivity index (χ3n) is 3.39. The summed E-state index contributed by atoms with van der Waals surface area (Å²) >= 11 is 0. The highest BCUT2D eigenvalue weighted by Gasteiger charge is 2.13. The molecule has 0 aliphatic rings. The molecule has 2 atom stereocenters. The zero-order chi connectivity index (χ0) is 13.5. The number of hydrogen-bond acceptors (Lipinski definition) is 2. The molecule has 3 nitrogen and oxygen atoms in total. The molecule has 0 fully saturated rings. The Bertz CT molecular complexity index is 362. The van der Waals surface area contributed by atoms with Crippen LogP contribution in [0, 0.1) is 11.8 Å². The van der Waals surface area contributed by atoms with E-state index in [-0.39, 0.29) is 11.9 Å². The molecule has 1 aromatic carbocycles. The average molecular weight is 248 g/mol. The lowest BCUT2D eigenvalue weighted by atomic mass is 9.94. The summed E-state index contributed by atoms with van der Waals surface area (Å²) in [5, 5.41) is 2.90. The van der Waals surface area contributed by atoms with Crippen molar-refractivity contribution in [1.82, 2.24) is 5.32 Å². The lowest BCUT2D eigenvalue weighted by Gasteiger charge is -2.17.